The molecule has 0 bridgehead atoms. The van der Waals surface area contributed by atoms with E-state index in [4.69, 9.17) is 0 Å². The molecular weight excluding hydrogens is 1050 g/mol. The Morgan fingerprint density at radius 1 is 0.295 bits per heavy atom. The third-order valence-corrected chi connectivity index (χ3v) is 21.5. The average molecular weight is 1110 g/mol. The minimum absolute atomic E-state index is 0.268. The van der Waals surface area contributed by atoms with Gasteiger partial charge in [-0.05, 0) is 61.1 Å². The van der Waals surface area contributed by atoms with Gasteiger partial charge in [-0.3, -0.25) is 0 Å². The fourth-order valence-corrected chi connectivity index (χ4v) is 17.6. The molecule has 0 fully saturated rings. The zero-order chi connectivity index (χ0) is 52.2. The van der Waals surface area contributed by atoms with Gasteiger partial charge >= 0.3 is 290 Å². The molecule has 1 heteroatoms. The van der Waals surface area contributed by atoms with Crippen molar-refractivity contribution in [2.45, 2.75) is 67.2 Å². The SMILES string of the molecule is CCCCc1c2c3cccc4cccc(c2c([I-]CCC)c2c5ccc6c7ccc8c9c(ccc(c%10ccc(c12)c5c%106)c97)-c1c(-c2ccc(C)cc2)c(-c2ccc(C)cc2)c(-c2ccc(C)cc2)c(-c2ccc(C)cc2)c1-8)c43. The molecular formula is C77H58I-. The van der Waals surface area contributed by atoms with Gasteiger partial charge in [-0.1, -0.05) is 119 Å². The summed E-state index contributed by atoms with van der Waals surface area (Å²) in [6.45, 7) is 13.6. The molecule has 0 saturated carbocycles. The summed E-state index contributed by atoms with van der Waals surface area (Å²) in [5.41, 5.74) is 22.1. The van der Waals surface area contributed by atoms with E-state index in [2.05, 4.69) is 224 Å². The predicted octanol–water partition coefficient (Wildman–Crippen LogP) is 18.9. The maximum absolute atomic E-state index is 2.56. The number of hydrogen-bond donors (Lipinski definition) is 0. The molecule has 78 heavy (non-hydrogen) atoms. The van der Waals surface area contributed by atoms with Gasteiger partial charge in [-0.15, -0.1) is 0 Å². The van der Waals surface area contributed by atoms with E-state index in [1.807, 2.05) is 0 Å². The molecule has 0 N–H and O–H groups in total. The van der Waals surface area contributed by atoms with Crippen LogP contribution in [-0.2, 0) is 6.42 Å². The van der Waals surface area contributed by atoms with Crippen LogP contribution in [0, 0.1) is 31.3 Å². The molecule has 0 nitrogen and oxygen atoms in total. The Morgan fingerprint density at radius 2 is 0.654 bits per heavy atom. The molecule has 0 aromatic heterocycles. The summed E-state index contributed by atoms with van der Waals surface area (Å²) >= 11 is -0.268. The Labute approximate surface area is 466 Å². The van der Waals surface area contributed by atoms with Crippen molar-refractivity contribution in [3.8, 4) is 66.8 Å². The van der Waals surface area contributed by atoms with Crippen LogP contribution in [0.15, 0.2) is 182 Å². The van der Waals surface area contributed by atoms with Crippen LogP contribution in [-0.4, -0.2) is 4.43 Å². The zero-order valence-corrected chi connectivity index (χ0v) is 47.4. The fraction of sp³-hybridized carbons (Fsp3) is 0.143. The average Bonchev–Trinajstić information content (AvgIpc) is 3.71. The number of unbranched alkanes of at least 4 members (excludes halogenated alkanes) is 1. The maximum atomic E-state index is 2.56. The summed E-state index contributed by atoms with van der Waals surface area (Å²) < 4.78 is 2.94. The molecule has 0 atom stereocenters. The van der Waals surface area contributed by atoms with Gasteiger partial charge in [0.05, 0.1) is 0 Å². The number of aryl methyl sites for hydroxylation is 5. The van der Waals surface area contributed by atoms with E-state index in [0.29, 0.717) is 0 Å². The van der Waals surface area contributed by atoms with Gasteiger partial charge in [0.1, 0.15) is 0 Å². The molecule has 15 aromatic rings. The molecule has 15 aromatic carbocycles. The Bertz CT molecular complexity index is 4660. The molecule has 0 heterocycles. The summed E-state index contributed by atoms with van der Waals surface area (Å²) in [6, 6.07) is 71.7. The second kappa shape index (κ2) is 17.3. The first kappa shape index (κ1) is 46.3. The van der Waals surface area contributed by atoms with Gasteiger partial charge < -0.3 is 0 Å². The van der Waals surface area contributed by atoms with Gasteiger partial charge in [0.15, 0.2) is 0 Å². The van der Waals surface area contributed by atoms with E-state index >= 15 is 0 Å². The van der Waals surface area contributed by atoms with Crippen LogP contribution < -0.4 is 21.2 Å². The Morgan fingerprint density at radius 3 is 1.09 bits per heavy atom. The molecule has 0 saturated heterocycles. The Hall–Kier alpha value is -7.85. The number of benzene rings is 13. The van der Waals surface area contributed by atoms with E-state index in [9.17, 15) is 0 Å². The molecule has 1 aliphatic rings. The fourth-order valence-electron chi connectivity index (χ4n) is 14.6. The van der Waals surface area contributed by atoms with Crippen LogP contribution >= 0.6 is 0 Å². The second-order valence-electron chi connectivity index (χ2n) is 22.8. The van der Waals surface area contributed by atoms with Gasteiger partial charge in [-0.2, -0.15) is 0 Å². The topological polar surface area (TPSA) is 0 Å². The van der Waals surface area contributed by atoms with Gasteiger partial charge in [-0.25, -0.2) is 0 Å². The number of halogens is 1. The van der Waals surface area contributed by atoms with Gasteiger partial charge in [0.25, 0.3) is 0 Å². The monoisotopic (exact) mass is 1110 g/mol. The third kappa shape index (κ3) is 6.34. The first-order valence-electron chi connectivity index (χ1n) is 28.4. The number of rotatable bonds is 10. The van der Waals surface area contributed by atoms with Crippen molar-refractivity contribution in [1.82, 2.24) is 0 Å². The number of fused-ring (bicyclic) bond motifs is 11. The van der Waals surface area contributed by atoms with Crippen molar-refractivity contribution in [2.75, 3.05) is 4.43 Å². The summed E-state index contributed by atoms with van der Waals surface area (Å²) in [7, 11) is 0. The van der Waals surface area contributed by atoms with E-state index in [1.54, 1.807) is 19.9 Å². The summed E-state index contributed by atoms with van der Waals surface area (Å²) in [5.74, 6) is 0. The van der Waals surface area contributed by atoms with Crippen molar-refractivity contribution in [2.24, 2.45) is 0 Å². The van der Waals surface area contributed by atoms with Crippen molar-refractivity contribution in [1.29, 1.82) is 0 Å². The van der Waals surface area contributed by atoms with Crippen molar-refractivity contribution in [3.05, 3.63) is 213 Å². The second-order valence-corrected chi connectivity index (χ2v) is 25.7. The van der Waals surface area contributed by atoms with Crippen LogP contribution in [0.3, 0.4) is 0 Å². The molecule has 16 rings (SSSR count). The van der Waals surface area contributed by atoms with Crippen molar-refractivity contribution >= 4 is 97.0 Å². The number of alkyl halides is 1. The number of hydrogen-bond acceptors (Lipinski definition) is 0. The standard InChI is InChI=1S/C77H58I/c1-7-9-14-57-71-55-15-10-12-46-13-11-16-56(62(46)55)75(71)77(78-41-8-2)76-61-40-36-54-53-35-39-60-70-59(38-34-52(68(53)70)51-33-37-58(72(57)76)69(61)67(51)54)73-65(49-29-21-44(5)22-30-49)63(47-25-17-42(3)18-26-47)64(48-27-19-43(4)20-28-48)66(74(60)73)50-31-23-45(6)24-32-50/h10-13,15-40H,7-9,14,41H2,1-6H3/q-1. The molecule has 0 unspecified atom stereocenters. The Balaban J connectivity index is 1.06. The first-order valence-corrected chi connectivity index (χ1v) is 31.0. The Kier molecular flexibility index (Phi) is 10.3. The first-order chi connectivity index (χ1) is 38.3. The van der Waals surface area contributed by atoms with Gasteiger partial charge in [0.2, 0.25) is 0 Å². The van der Waals surface area contributed by atoms with E-state index in [0.717, 1.165) is 6.42 Å². The van der Waals surface area contributed by atoms with Crippen LogP contribution in [0.5, 0.6) is 0 Å². The molecule has 0 aliphatic heterocycles. The van der Waals surface area contributed by atoms with E-state index in [1.165, 1.54) is 199 Å². The van der Waals surface area contributed by atoms with E-state index < -0.39 is 0 Å². The third-order valence-electron chi connectivity index (χ3n) is 18.0. The molecule has 0 spiro atoms. The normalized spacial score (nSPS) is 12.6. The van der Waals surface area contributed by atoms with Crippen molar-refractivity contribution < 1.29 is 21.2 Å². The summed E-state index contributed by atoms with van der Waals surface area (Å²) in [5, 5.41) is 25.9. The molecule has 1 aliphatic carbocycles. The van der Waals surface area contributed by atoms with Crippen LogP contribution in [0.25, 0.3) is 164 Å². The molecule has 0 radical (unpaired) electrons. The summed E-state index contributed by atoms with van der Waals surface area (Å²) in [4.78, 5) is 0. The van der Waals surface area contributed by atoms with Crippen LogP contribution in [0.2, 0.25) is 0 Å². The molecule has 374 valence electrons. The van der Waals surface area contributed by atoms with Crippen LogP contribution in [0.4, 0.5) is 0 Å². The minimum atomic E-state index is -0.268. The quantitative estimate of drug-likeness (QED) is 0.0554. The van der Waals surface area contributed by atoms with Crippen molar-refractivity contribution in [3.63, 3.8) is 0 Å². The zero-order valence-electron chi connectivity index (χ0n) is 45.2. The predicted molar refractivity (Wildman–Crippen MR) is 335 cm³/mol. The summed E-state index contributed by atoms with van der Waals surface area (Å²) in [6.07, 6.45) is 4.65. The van der Waals surface area contributed by atoms with Crippen LogP contribution in [0.1, 0.15) is 60.9 Å². The van der Waals surface area contributed by atoms with Gasteiger partial charge in [0, 0.05) is 0 Å². The molecule has 0 amide bonds. The van der Waals surface area contributed by atoms with E-state index in [-0.39, 0.29) is 21.2 Å².